The number of likely N-dealkylation sites (tertiary alicyclic amines) is 1. The first kappa shape index (κ1) is 24.7. The fourth-order valence-electron chi connectivity index (χ4n) is 3.59. The third kappa shape index (κ3) is 6.45. The fourth-order valence-corrected chi connectivity index (χ4v) is 3.59. The van der Waals surface area contributed by atoms with Crippen molar-refractivity contribution in [2.24, 2.45) is 5.92 Å². The topological polar surface area (TPSA) is 95.7 Å². The molecule has 0 bridgehead atoms. The summed E-state index contributed by atoms with van der Waals surface area (Å²) in [6, 6.07) is -0.525. The second kappa shape index (κ2) is 11.4. The number of halogens is 2. The molecular formula is C17H29Cl2N3O4. The number of hydrogen-bond donors (Lipinski definition) is 2. The molecule has 1 aliphatic heterocycles. The molecular weight excluding hydrogens is 381 g/mol. The standard InChI is InChI=1S/C17H27N3O4.2ClH/c1-4-5-13(11(2)19-12(3)21)9-20-10-14(8-15(20)17(22)23)16-18-6-7-24-16;;/h6-7,11,13-15H,4-5,8-10H2,1-3H3,(H,19,21)(H,22,23);2*1H/t11?,13-,14?,15?;;/m0../s1. The Morgan fingerprint density at radius 1 is 1.46 bits per heavy atom. The molecule has 7 nitrogen and oxygen atoms in total. The number of aromatic nitrogens is 1. The summed E-state index contributed by atoms with van der Waals surface area (Å²) in [7, 11) is 0. The van der Waals surface area contributed by atoms with Crippen molar-refractivity contribution in [2.75, 3.05) is 13.1 Å². The summed E-state index contributed by atoms with van der Waals surface area (Å²) in [4.78, 5) is 29.2. The van der Waals surface area contributed by atoms with E-state index in [-0.39, 0.29) is 48.6 Å². The molecule has 4 atom stereocenters. The van der Waals surface area contributed by atoms with Gasteiger partial charge in [0.15, 0.2) is 5.89 Å². The molecule has 26 heavy (non-hydrogen) atoms. The summed E-state index contributed by atoms with van der Waals surface area (Å²) in [5, 5.41) is 12.5. The minimum atomic E-state index is -0.813. The van der Waals surface area contributed by atoms with Gasteiger partial charge in [0.2, 0.25) is 5.91 Å². The van der Waals surface area contributed by atoms with Gasteiger partial charge in [-0.25, -0.2) is 4.98 Å². The Morgan fingerprint density at radius 3 is 2.65 bits per heavy atom. The van der Waals surface area contributed by atoms with Gasteiger partial charge in [-0.2, -0.15) is 0 Å². The Balaban J connectivity index is 0.00000312. The molecule has 0 spiro atoms. The number of carboxylic acids is 1. The summed E-state index contributed by atoms with van der Waals surface area (Å²) in [5.74, 6) is -0.0573. The van der Waals surface area contributed by atoms with Crippen LogP contribution in [0.15, 0.2) is 16.9 Å². The van der Waals surface area contributed by atoms with Crippen molar-refractivity contribution in [3.63, 3.8) is 0 Å². The van der Waals surface area contributed by atoms with Gasteiger partial charge in [-0.3, -0.25) is 14.5 Å². The summed E-state index contributed by atoms with van der Waals surface area (Å²) >= 11 is 0. The lowest BCUT2D eigenvalue weighted by Gasteiger charge is -2.30. The highest BCUT2D eigenvalue weighted by atomic mass is 35.5. The van der Waals surface area contributed by atoms with E-state index in [2.05, 4.69) is 17.2 Å². The third-order valence-corrected chi connectivity index (χ3v) is 4.76. The predicted molar refractivity (Wildman–Crippen MR) is 103 cm³/mol. The first-order chi connectivity index (χ1) is 11.4. The molecule has 0 aromatic carbocycles. The van der Waals surface area contributed by atoms with Crippen LogP contribution in [0.3, 0.4) is 0 Å². The number of amides is 1. The number of rotatable bonds is 8. The van der Waals surface area contributed by atoms with Crippen LogP contribution >= 0.6 is 24.8 Å². The van der Waals surface area contributed by atoms with Crippen molar-refractivity contribution in [1.29, 1.82) is 0 Å². The molecule has 0 saturated carbocycles. The van der Waals surface area contributed by atoms with Crippen molar-refractivity contribution in [1.82, 2.24) is 15.2 Å². The zero-order valence-electron chi connectivity index (χ0n) is 15.4. The molecule has 150 valence electrons. The van der Waals surface area contributed by atoms with Crippen molar-refractivity contribution < 1.29 is 19.1 Å². The van der Waals surface area contributed by atoms with Gasteiger partial charge in [0.05, 0.1) is 12.1 Å². The summed E-state index contributed by atoms with van der Waals surface area (Å²) in [6.07, 6.45) is 5.54. The molecule has 2 heterocycles. The van der Waals surface area contributed by atoms with Crippen LogP contribution in [0.5, 0.6) is 0 Å². The van der Waals surface area contributed by atoms with Gasteiger partial charge >= 0.3 is 5.97 Å². The summed E-state index contributed by atoms with van der Waals surface area (Å²) in [5.41, 5.74) is 0. The number of nitrogens with one attached hydrogen (secondary N) is 1. The number of carbonyl (C=O) groups is 2. The highest BCUT2D eigenvalue weighted by molar-refractivity contribution is 5.85. The lowest BCUT2D eigenvalue weighted by molar-refractivity contribution is -0.142. The molecule has 1 fully saturated rings. The predicted octanol–water partition coefficient (Wildman–Crippen LogP) is 2.70. The minimum absolute atomic E-state index is 0. The number of oxazole rings is 1. The highest BCUT2D eigenvalue weighted by Gasteiger charge is 2.40. The number of hydrogen-bond acceptors (Lipinski definition) is 5. The molecule has 1 aliphatic rings. The van der Waals surface area contributed by atoms with Crippen LogP contribution in [0.25, 0.3) is 0 Å². The molecule has 9 heteroatoms. The van der Waals surface area contributed by atoms with Gasteiger partial charge in [-0.05, 0) is 25.7 Å². The monoisotopic (exact) mass is 409 g/mol. The highest BCUT2D eigenvalue weighted by Crippen LogP contribution is 2.32. The summed E-state index contributed by atoms with van der Waals surface area (Å²) < 4.78 is 5.36. The van der Waals surface area contributed by atoms with Crippen LogP contribution in [-0.4, -0.2) is 52.0 Å². The molecule has 0 aliphatic carbocycles. The zero-order chi connectivity index (χ0) is 17.7. The SMILES string of the molecule is CCC[C@@H](CN1CC(c2ncco2)CC1C(=O)O)C(C)NC(C)=O.Cl.Cl. The maximum atomic E-state index is 11.7. The fraction of sp³-hybridized carbons (Fsp3) is 0.706. The van der Waals surface area contributed by atoms with E-state index >= 15 is 0 Å². The summed E-state index contributed by atoms with van der Waals surface area (Å²) in [6.45, 7) is 6.85. The van der Waals surface area contributed by atoms with Gasteiger partial charge in [-0.1, -0.05) is 13.3 Å². The van der Waals surface area contributed by atoms with E-state index in [1.807, 2.05) is 11.8 Å². The largest absolute Gasteiger partial charge is 0.480 e. The van der Waals surface area contributed by atoms with Crippen molar-refractivity contribution in [3.05, 3.63) is 18.4 Å². The number of carbonyl (C=O) groups excluding carboxylic acids is 1. The Kier molecular flexibility index (Phi) is 10.8. The maximum Gasteiger partial charge on any atom is 0.320 e. The smallest absolute Gasteiger partial charge is 0.320 e. The van der Waals surface area contributed by atoms with Crippen LogP contribution in [0.4, 0.5) is 0 Å². The van der Waals surface area contributed by atoms with Gasteiger partial charge in [0.1, 0.15) is 12.3 Å². The van der Waals surface area contributed by atoms with Crippen LogP contribution in [0, 0.1) is 5.92 Å². The van der Waals surface area contributed by atoms with E-state index in [1.54, 1.807) is 6.20 Å². The molecule has 1 aromatic rings. The Hall–Kier alpha value is -1.31. The molecule has 3 unspecified atom stereocenters. The molecule has 2 rings (SSSR count). The van der Waals surface area contributed by atoms with E-state index in [0.29, 0.717) is 25.4 Å². The molecule has 2 N–H and O–H groups in total. The van der Waals surface area contributed by atoms with Crippen molar-refractivity contribution >= 4 is 36.7 Å². The Bertz CT molecular complexity index is 556. The van der Waals surface area contributed by atoms with Crippen LogP contribution in [0.2, 0.25) is 0 Å². The van der Waals surface area contributed by atoms with E-state index < -0.39 is 12.0 Å². The van der Waals surface area contributed by atoms with Gasteiger partial charge in [-0.15, -0.1) is 24.8 Å². The Morgan fingerprint density at radius 2 is 2.15 bits per heavy atom. The number of nitrogens with zero attached hydrogens (tertiary/aromatic N) is 2. The first-order valence-corrected chi connectivity index (χ1v) is 8.55. The molecule has 1 saturated heterocycles. The minimum Gasteiger partial charge on any atom is -0.480 e. The lowest BCUT2D eigenvalue weighted by atomic mass is 9.95. The molecule has 1 amide bonds. The van der Waals surface area contributed by atoms with Crippen LogP contribution in [0.1, 0.15) is 51.8 Å². The number of aliphatic carboxylic acids is 1. The number of carboxylic acid groups (broad SMARTS) is 1. The zero-order valence-corrected chi connectivity index (χ0v) is 17.0. The molecule has 1 aromatic heterocycles. The Labute approximate surface area is 166 Å². The molecule has 0 radical (unpaired) electrons. The third-order valence-electron chi connectivity index (χ3n) is 4.76. The second-order valence-corrected chi connectivity index (χ2v) is 6.65. The van der Waals surface area contributed by atoms with Gasteiger partial charge in [0, 0.05) is 26.1 Å². The average Bonchev–Trinajstić information content (AvgIpc) is 3.15. The first-order valence-electron chi connectivity index (χ1n) is 8.55. The van der Waals surface area contributed by atoms with Gasteiger partial charge in [0.25, 0.3) is 0 Å². The normalized spacial score (nSPS) is 22.0. The average molecular weight is 410 g/mol. The van der Waals surface area contributed by atoms with E-state index in [1.165, 1.54) is 13.2 Å². The van der Waals surface area contributed by atoms with E-state index in [0.717, 1.165) is 12.8 Å². The van der Waals surface area contributed by atoms with E-state index in [4.69, 9.17) is 4.42 Å². The van der Waals surface area contributed by atoms with Crippen LogP contribution < -0.4 is 5.32 Å². The van der Waals surface area contributed by atoms with Crippen molar-refractivity contribution in [3.8, 4) is 0 Å². The van der Waals surface area contributed by atoms with Crippen LogP contribution in [-0.2, 0) is 9.59 Å². The lowest BCUT2D eigenvalue weighted by Crippen LogP contribution is -2.45. The van der Waals surface area contributed by atoms with Crippen molar-refractivity contribution in [2.45, 2.75) is 58.0 Å². The quantitative estimate of drug-likeness (QED) is 0.684. The van der Waals surface area contributed by atoms with Gasteiger partial charge < -0.3 is 14.8 Å². The van der Waals surface area contributed by atoms with E-state index in [9.17, 15) is 14.7 Å². The second-order valence-electron chi connectivity index (χ2n) is 6.65. The maximum absolute atomic E-state index is 11.7.